The van der Waals surface area contributed by atoms with Crippen LogP contribution in [0.2, 0.25) is 0 Å². The van der Waals surface area contributed by atoms with Crippen molar-refractivity contribution in [2.75, 3.05) is 11.9 Å². The molecule has 0 saturated carbocycles. The maximum absolute atomic E-state index is 12.7. The summed E-state index contributed by atoms with van der Waals surface area (Å²) in [6, 6.07) is 16.4. The van der Waals surface area contributed by atoms with Gasteiger partial charge in [-0.15, -0.1) is 11.3 Å². The monoisotopic (exact) mass is 351 g/mol. The van der Waals surface area contributed by atoms with E-state index in [4.69, 9.17) is 4.98 Å². The topological polar surface area (TPSA) is 54.0 Å². The van der Waals surface area contributed by atoms with Crippen LogP contribution in [0, 0.1) is 5.92 Å². The minimum Gasteiger partial charge on any atom is -0.325 e. The molecule has 1 aliphatic heterocycles. The molecule has 1 aliphatic rings. The number of piperidine rings is 1. The standard InChI is InChI=1S/C20H21N3OS/c1-13-12-14(10-11-21-13)19(24)22-16-7-3-2-6-15(16)20-23-17-8-4-5-9-18(17)25-20/h2-9,13-14,21H,10-12H2,1H3,(H,22,24)/t13-,14-/m0/s1. The smallest absolute Gasteiger partial charge is 0.227 e. The number of nitrogens with one attached hydrogen (secondary N) is 2. The van der Waals surface area contributed by atoms with Gasteiger partial charge in [0.1, 0.15) is 5.01 Å². The van der Waals surface area contributed by atoms with Crippen molar-refractivity contribution < 1.29 is 4.79 Å². The maximum atomic E-state index is 12.7. The largest absolute Gasteiger partial charge is 0.325 e. The van der Waals surface area contributed by atoms with E-state index in [2.05, 4.69) is 23.6 Å². The SMILES string of the molecule is C[C@H]1C[C@@H](C(=O)Nc2ccccc2-c2nc3ccccc3s2)CCN1. The number of hydrogen-bond acceptors (Lipinski definition) is 4. The van der Waals surface area contributed by atoms with E-state index in [1.54, 1.807) is 11.3 Å². The zero-order chi connectivity index (χ0) is 17.2. The normalized spacial score (nSPS) is 20.5. The minimum atomic E-state index is 0.0691. The van der Waals surface area contributed by atoms with Gasteiger partial charge in [0.2, 0.25) is 5.91 Å². The molecule has 0 aliphatic carbocycles. The number of hydrogen-bond donors (Lipinski definition) is 2. The van der Waals surface area contributed by atoms with Crippen molar-refractivity contribution >= 4 is 33.1 Å². The average Bonchev–Trinajstić information content (AvgIpc) is 3.06. The second kappa shape index (κ2) is 6.94. The van der Waals surface area contributed by atoms with Crippen molar-refractivity contribution in [3.63, 3.8) is 0 Å². The molecule has 5 heteroatoms. The molecule has 2 heterocycles. The first kappa shape index (κ1) is 16.2. The number of carbonyl (C=O) groups excluding carboxylic acids is 1. The summed E-state index contributed by atoms with van der Waals surface area (Å²) in [6.45, 7) is 3.03. The Morgan fingerprint density at radius 1 is 1.20 bits per heavy atom. The van der Waals surface area contributed by atoms with Crippen LogP contribution in [0.25, 0.3) is 20.8 Å². The van der Waals surface area contributed by atoms with Crippen LogP contribution in [0.5, 0.6) is 0 Å². The van der Waals surface area contributed by atoms with Gasteiger partial charge in [-0.05, 0) is 50.6 Å². The number of para-hydroxylation sites is 2. The molecule has 1 aromatic heterocycles. The molecule has 3 aromatic rings. The van der Waals surface area contributed by atoms with Gasteiger partial charge in [0.15, 0.2) is 0 Å². The minimum absolute atomic E-state index is 0.0691. The van der Waals surface area contributed by atoms with E-state index in [-0.39, 0.29) is 11.8 Å². The maximum Gasteiger partial charge on any atom is 0.227 e. The second-order valence-electron chi connectivity index (χ2n) is 6.60. The molecule has 25 heavy (non-hydrogen) atoms. The number of carbonyl (C=O) groups is 1. The molecular formula is C20H21N3OS. The van der Waals surface area contributed by atoms with E-state index in [0.29, 0.717) is 6.04 Å². The summed E-state index contributed by atoms with van der Waals surface area (Å²) < 4.78 is 1.16. The summed E-state index contributed by atoms with van der Waals surface area (Å²) in [4.78, 5) is 17.4. The predicted molar refractivity (Wildman–Crippen MR) is 104 cm³/mol. The Hall–Kier alpha value is -2.24. The van der Waals surface area contributed by atoms with Crippen molar-refractivity contribution in [2.45, 2.75) is 25.8 Å². The van der Waals surface area contributed by atoms with E-state index in [0.717, 1.165) is 45.9 Å². The van der Waals surface area contributed by atoms with Crippen LogP contribution < -0.4 is 10.6 Å². The van der Waals surface area contributed by atoms with Crippen LogP contribution in [0.15, 0.2) is 48.5 Å². The van der Waals surface area contributed by atoms with Crippen molar-refractivity contribution in [3.05, 3.63) is 48.5 Å². The lowest BCUT2D eigenvalue weighted by molar-refractivity contribution is -0.120. The summed E-state index contributed by atoms with van der Waals surface area (Å²) in [5.41, 5.74) is 2.83. The predicted octanol–water partition coefficient (Wildman–Crippen LogP) is 4.29. The molecule has 2 atom stereocenters. The average molecular weight is 351 g/mol. The molecule has 128 valence electrons. The van der Waals surface area contributed by atoms with Gasteiger partial charge in [-0.2, -0.15) is 0 Å². The van der Waals surface area contributed by atoms with E-state index in [9.17, 15) is 4.79 Å². The van der Waals surface area contributed by atoms with E-state index in [1.165, 1.54) is 0 Å². The van der Waals surface area contributed by atoms with Crippen molar-refractivity contribution in [3.8, 4) is 10.6 Å². The molecule has 2 N–H and O–H groups in total. The first-order valence-corrected chi connectivity index (χ1v) is 9.51. The summed E-state index contributed by atoms with van der Waals surface area (Å²) in [5, 5.41) is 7.48. The number of nitrogens with zero attached hydrogens (tertiary/aromatic N) is 1. The van der Waals surface area contributed by atoms with Gasteiger partial charge in [0.05, 0.1) is 15.9 Å². The van der Waals surface area contributed by atoms with Crippen LogP contribution in [0.3, 0.4) is 0 Å². The molecular weight excluding hydrogens is 330 g/mol. The Kier molecular flexibility index (Phi) is 4.51. The fourth-order valence-electron chi connectivity index (χ4n) is 3.37. The quantitative estimate of drug-likeness (QED) is 0.740. The lowest BCUT2D eigenvalue weighted by Crippen LogP contribution is -2.40. The number of thiazole rings is 1. The van der Waals surface area contributed by atoms with Gasteiger partial charge in [-0.1, -0.05) is 24.3 Å². The Balaban J connectivity index is 1.61. The second-order valence-corrected chi connectivity index (χ2v) is 7.63. The molecule has 1 fully saturated rings. The molecule has 0 unspecified atom stereocenters. The number of rotatable bonds is 3. The summed E-state index contributed by atoms with van der Waals surface area (Å²) >= 11 is 1.66. The molecule has 1 amide bonds. The first-order chi connectivity index (χ1) is 12.2. The number of anilines is 1. The van der Waals surface area contributed by atoms with Gasteiger partial charge >= 0.3 is 0 Å². The fourth-order valence-corrected chi connectivity index (χ4v) is 4.38. The van der Waals surface area contributed by atoms with Gasteiger partial charge < -0.3 is 10.6 Å². The third-order valence-electron chi connectivity index (χ3n) is 4.70. The summed E-state index contributed by atoms with van der Waals surface area (Å²) in [5.74, 6) is 0.182. The highest BCUT2D eigenvalue weighted by molar-refractivity contribution is 7.21. The number of benzene rings is 2. The molecule has 0 spiro atoms. The van der Waals surface area contributed by atoms with E-state index < -0.39 is 0 Å². The molecule has 4 nitrogen and oxygen atoms in total. The van der Waals surface area contributed by atoms with Crippen LogP contribution in [0.4, 0.5) is 5.69 Å². The van der Waals surface area contributed by atoms with Crippen LogP contribution in [0.1, 0.15) is 19.8 Å². The van der Waals surface area contributed by atoms with E-state index in [1.807, 2.05) is 42.5 Å². The van der Waals surface area contributed by atoms with Gasteiger partial charge in [-0.3, -0.25) is 4.79 Å². The highest BCUT2D eigenvalue weighted by atomic mass is 32.1. The van der Waals surface area contributed by atoms with Crippen molar-refractivity contribution in [2.24, 2.45) is 5.92 Å². The fraction of sp³-hybridized carbons (Fsp3) is 0.300. The van der Waals surface area contributed by atoms with Crippen LogP contribution in [-0.2, 0) is 4.79 Å². The number of aromatic nitrogens is 1. The zero-order valence-electron chi connectivity index (χ0n) is 14.2. The Morgan fingerprint density at radius 2 is 2.00 bits per heavy atom. The molecule has 0 radical (unpaired) electrons. The van der Waals surface area contributed by atoms with E-state index >= 15 is 0 Å². The molecule has 2 aromatic carbocycles. The Labute approximate surface area is 151 Å². The lowest BCUT2D eigenvalue weighted by Gasteiger charge is -2.27. The Morgan fingerprint density at radius 3 is 2.84 bits per heavy atom. The summed E-state index contributed by atoms with van der Waals surface area (Å²) in [6.07, 6.45) is 1.77. The van der Waals surface area contributed by atoms with Gasteiger partial charge in [0.25, 0.3) is 0 Å². The van der Waals surface area contributed by atoms with Crippen molar-refractivity contribution in [1.29, 1.82) is 0 Å². The molecule has 0 bridgehead atoms. The summed E-state index contributed by atoms with van der Waals surface area (Å²) in [7, 11) is 0. The van der Waals surface area contributed by atoms with Crippen LogP contribution >= 0.6 is 11.3 Å². The number of amides is 1. The Bertz CT molecular complexity index is 872. The highest BCUT2D eigenvalue weighted by Crippen LogP contribution is 2.34. The zero-order valence-corrected chi connectivity index (χ0v) is 15.0. The molecule has 1 saturated heterocycles. The highest BCUT2D eigenvalue weighted by Gasteiger charge is 2.25. The van der Waals surface area contributed by atoms with Crippen molar-refractivity contribution in [1.82, 2.24) is 10.3 Å². The van der Waals surface area contributed by atoms with Gasteiger partial charge in [0, 0.05) is 17.5 Å². The van der Waals surface area contributed by atoms with Gasteiger partial charge in [-0.25, -0.2) is 4.98 Å². The lowest BCUT2D eigenvalue weighted by atomic mass is 9.92. The first-order valence-electron chi connectivity index (χ1n) is 8.70. The van der Waals surface area contributed by atoms with Crippen LogP contribution in [-0.4, -0.2) is 23.5 Å². The third-order valence-corrected chi connectivity index (χ3v) is 5.77. The molecule has 4 rings (SSSR count). The number of fused-ring (bicyclic) bond motifs is 1. The third kappa shape index (κ3) is 3.43.